The van der Waals surface area contributed by atoms with Gasteiger partial charge in [0.2, 0.25) is 5.13 Å². The zero-order valence-corrected chi connectivity index (χ0v) is 15.1. The lowest BCUT2D eigenvalue weighted by Gasteiger charge is -2.36. The second-order valence-electron chi connectivity index (χ2n) is 5.92. The molecule has 2 fully saturated rings. The quantitative estimate of drug-likeness (QED) is 0.886. The highest BCUT2D eigenvalue weighted by atomic mass is 35.5. The Bertz CT molecular complexity index is 421. The summed E-state index contributed by atoms with van der Waals surface area (Å²) >= 11 is 1.78. The molecule has 0 aromatic carbocycles. The Hall–Kier alpha value is -0.100. The number of nitrogens with zero attached hydrogens (tertiary/aromatic N) is 3. The molecular formula is C14H26Cl2N4S. The lowest BCUT2D eigenvalue weighted by Crippen LogP contribution is -2.37. The van der Waals surface area contributed by atoms with Crippen LogP contribution < -0.4 is 10.2 Å². The van der Waals surface area contributed by atoms with Crippen LogP contribution in [0.3, 0.4) is 0 Å². The zero-order chi connectivity index (χ0) is 13.1. The molecule has 0 bridgehead atoms. The van der Waals surface area contributed by atoms with Crippen molar-refractivity contribution in [3.05, 3.63) is 5.01 Å². The van der Waals surface area contributed by atoms with Crippen molar-refractivity contribution in [1.29, 1.82) is 0 Å². The molecule has 2 aliphatic rings. The Balaban J connectivity index is 0.00000110. The molecule has 2 saturated heterocycles. The van der Waals surface area contributed by atoms with Gasteiger partial charge in [0.1, 0.15) is 5.01 Å². The molecule has 3 heterocycles. The second kappa shape index (κ2) is 8.51. The number of rotatable bonds is 2. The predicted octanol–water partition coefficient (Wildman–Crippen LogP) is 3.30. The molecule has 0 atom stereocenters. The number of halogens is 2. The third kappa shape index (κ3) is 4.44. The van der Waals surface area contributed by atoms with Crippen molar-refractivity contribution in [2.75, 3.05) is 31.1 Å². The van der Waals surface area contributed by atoms with Gasteiger partial charge in [-0.3, -0.25) is 0 Å². The van der Waals surface area contributed by atoms with Crippen LogP contribution in [0.25, 0.3) is 0 Å². The minimum Gasteiger partial charge on any atom is -0.347 e. The maximum atomic E-state index is 4.37. The van der Waals surface area contributed by atoms with E-state index in [4.69, 9.17) is 0 Å². The first-order chi connectivity index (χ1) is 9.31. The fourth-order valence-electron chi connectivity index (χ4n) is 3.42. The van der Waals surface area contributed by atoms with Gasteiger partial charge in [-0.25, -0.2) is 0 Å². The highest BCUT2D eigenvalue weighted by Crippen LogP contribution is 2.40. The van der Waals surface area contributed by atoms with Gasteiger partial charge < -0.3 is 10.2 Å². The van der Waals surface area contributed by atoms with E-state index in [1.54, 1.807) is 11.3 Å². The summed E-state index contributed by atoms with van der Waals surface area (Å²) in [5, 5.41) is 14.4. The van der Waals surface area contributed by atoms with Crippen molar-refractivity contribution in [3.8, 4) is 0 Å². The van der Waals surface area contributed by atoms with Crippen LogP contribution in [0.4, 0.5) is 5.13 Å². The van der Waals surface area contributed by atoms with E-state index in [9.17, 15) is 0 Å². The van der Waals surface area contributed by atoms with E-state index >= 15 is 0 Å². The predicted molar refractivity (Wildman–Crippen MR) is 94.4 cm³/mol. The van der Waals surface area contributed by atoms with E-state index in [1.165, 1.54) is 51.7 Å². The largest absolute Gasteiger partial charge is 0.347 e. The van der Waals surface area contributed by atoms with Crippen molar-refractivity contribution in [1.82, 2.24) is 15.5 Å². The van der Waals surface area contributed by atoms with E-state index in [-0.39, 0.29) is 24.8 Å². The van der Waals surface area contributed by atoms with E-state index in [1.807, 2.05) is 0 Å². The molecule has 2 aliphatic heterocycles. The van der Waals surface area contributed by atoms with Crippen LogP contribution in [-0.4, -0.2) is 36.4 Å². The van der Waals surface area contributed by atoms with Crippen molar-refractivity contribution in [2.45, 2.75) is 45.4 Å². The molecule has 1 aromatic heterocycles. The Morgan fingerprint density at radius 2 is 1.86 bits per heavy atom. The minimum atomic E-state index is 0. The lowest BCUT2D eigenvalue weighted by molar-refractivity contribution is 0.178. The van der Waals surface area contributed by atoms with E-state index in [2.05, 4.69) is 27.3 Å². The van der Waals surface area contributed by atoms with E-state index in [0.717, 1.165) is 23.1 Å². The van der Waals surface area contributed by atoms with Crippen molar-refractivity contribution >= 4 is 41.3 Å². The number of hydrogen-bond donors (Lipinski definition) is 1. The van der Waals surface area contributed by atoms with Gasteiger partial charge in [-0.2, -0.15) is 0 Å². The molecule has 0 amide bonds. The normalized spacial score (nSPS) is 21.3. The van der Waals surface area contributed by atoms with Crippen LogP contribution in [0.15, 0.2) is 0 Å². The first kappa shape index (κ1) is 18.9. The Morgan fingerprint density at radius 3 is 2.52 bits per heavy atom. The maximum Gasteiger partial charge on any atom is 0.208 e. The standard InChI is InChI=1S/C14H24N4S.2ClH/c1-2-12-16-17-13(19-12)18-10-3-4-14(7-11-18)5-8-15-9-6-14;;/h15H,2-11H2,1H3;2*1H. The van der Waals surface area contributed by atoms with Gasteiger partial charge >= 0.3 is 0 Å². The second-order valence-corrected chi connectivity index (χ2v) is 6.96. The molecule has 0 aliphatic carbocycles. The monoisotopic (exact) mass is 352 g/mol. The topological polar surface area (TPSA) is 41.1 Å². The SMILES string of the molecule is CCc1nnc(N2CCCC3(CCNCC3)CC2)s1.Cl.Cl. The van der Waals surface area contributed by atoms with E-state index < -0.39 is 0 Å². The average Bonchev–Trinajstić information content (AvgIpc) is 2.84. The summed E-state index contributed by atoms with van der Waals surface area (Å²) in [7, 11) is 0. The highest BCUT2D eigenvalue weighted by molar-refractivity contribution is 7.15. The molecular weight excluding hydrogens is 327 g/mol. The molecule has 0 unspecified atom stereocenters. The first-order valence-electron chi connectivity index (χ1n) is 7.59. The number of aryl methyl sites for hydroxylation is 1. The van der Waals surface area contributed by atoms with Gasteiger partial charge in [-0.05, 0) is 57.0 Å². The van der Waals surface area contributed by atoms with Gasteiger partial charge in [0.05, 0.1) is 0 Å². The Labute approximate surface area is 143 Å². The molecule has 0 radical (unpaired) electrons. The molecule has 0 saturated carbocycles. The zero-order valence-electron chi connectivity index (χ0n) is 12.6. The Morgan fingerprint density at radius 1 is 1.10 bits per heavy atom. The highest BCUT2D eigenvalue weighted by Gasteiger charge is 2.34. The molecule has 7 heteroatoms. The lowest BCUT2D eigenvalue weighted by atomic mass is 9.73. The summed E-state index contributed by atoms with van der Waals surface area (Å²) in [6.07, 6.45) is 7.75. The fraction of sp³-hybridized carbons (Fsp3) is 0.857. The fourth-order valence-corrected chi connectivity index (χ4v) is 4.25. The summed E-state index contributed by atoms with van der Waals surface area (Å²) in [5.74, 6) is 0. The van der Waals surface area contributed by atoms with Crippen molar-refractivity contribution < 1.29 is 0 Å². The summed E-state index contributed by atoms with van der Waals surface area (Å²) in [6.45, 7) is 6.89. The molecule has 1 aromatic rings. The number of anilines is 1. The molecule has 21 heavy (non-hydrogen) atoms. The molecule has 3 rings (SSSR count). The minimum absolute atomic E-state index is 0. The number of piperidine rings is 1. The summed E-state index contributed by atoms with van der Waals surface area (Å²) in [4.78, 5) is 2.47. The maximum absolute atomic E-state index is 4.37. The Kier molecular flexibility index (Phi) is 7.68. The van der Waals surface area contributed by atoms with E-state index in [0.29, 0.717) is 5.41 Å². The molecule has 1 N–H and O–H groups in total. The van der Waals surface area contributed by atoms with Gasteiger partial charge in [0.15, 0.2) is 0 Å². The van der Waals surface area contributed by atoms with Crippen LogP contribution in [0, 0.1) is 5.41 Å². The third-order valence-electron chi connectivity index (χ3n) is 4.74. The summed E-state index contributed by atoms with van der Waals surface area (Å²) in [5.41, 5.74) is 0.609. The first-order valence-corrected chi connectivity index (χ1v) is 8.41. The van der Waals surface area contributed by atoms with Crippen LogP contribution >= 0.6 is 36.2 Å². The number of nitrogens with one attached hydrogen (secondary N) is 1. The van der Waals surface area contributed by atoms with Gasteiger partial charge in [0, 0.05) is 13.1 Å². The number of aromatic nitrogens is 2. The summed E-state index contributed by atoms with van der Waals surface area (Å²) in [6, 6.07) is 0. The summed E-state index contributed by atoms with van der Waals surface area (Å²) < 4.78 is 0. The van der Waals surface area contributed by atoms with Crippen LogP contribution in [0.2, 0.25) is 0 Å². The van der Waals surface area contributed by atoms with Crippen LogP contribution in [-0.2, 0) is 6.42 Å². The van der Waals surface area contributed by atoms with Crippen molar-refractivity contribution in [3.63, 3.8) is 0 Å². The smallest absolute Gasteiger partial charge is 0.208 e. The third-order valence-corrected chi connectivity index (χ3v) is 5.87. The molecule has 122 valence electrons. The van der Waals surface area contributed by atoms with Crippen LogP contribution in [0.5, 0.6) is 0 Å². The van der Waals surface area contributed by atoms with Crippen molar-refractivity contribution in [2.24, 2.45) is 5.41 Å². The average molecular weight is 353 g/mol. The van der Waals surface area contributed by atoms with Crippen LogP contribution in [0.1, 0.15) is 44.0 Å². The molecule has 1 spiro atoms. The van der Waals surface area contributed by atoms with Gasteiger partial charge in [-0.1, -0.05) is 18.3 Å². The van der Waals surface area contributed by atoms with Gasteiger partial charge in [-0.15, -0.1) is 35.0 Å². The molecule has 4 nitrogen and oxygen atoms in total. The number of hydrogen-bond acceptors (Lipinski definition) is 5. The van der Waals surface area contributed by atoms with Gasteiger partial charge in [0.25, 0.3) is 0 Å².